The number of aliphatic hydroxyl groups excluding tert-OH is 1. The van der Waals surface area contributed by atoms with Crippen molar-refractivity contribution >= 4 is 0 Å². The maximum atomic E-state index is 10.3. The molecule has 0 amide bonds. The predicted molar refractivity (Wildman–Crippen MR) is 89.2 cm³/mol. The fraction of sp³-hybridized carbons (Fsp3) is 0.500. The zero-order valence-electron chi connectivity index (χ0n) is 13.8. The highest BCUT2D eigenvalue weighted by molar-refractivity contribution is 5.22. The average Bonchev–Trinajstić information content (AvgIpc) is 3.14. The molecule has 0 saturated carbocycles. The molecule has 2 aromatic rings. The number of aryl methyl sites for hydroxylation is 1. The van der Waals surface area contributed by atoms with Crippen molar-refractivity contribution < 1.29 is 9.84 Å². The molecule has 1 aromatic carbocycles. The lowest BCUT2D eigenvalue weighted by molar-refractivity contribution is 0.0929. The van der Waals surface area contributed by atoms with Gasteiger partial charge in [0.25, 0.3) is 0 Å². The molecule has 1 aliphatic rings. The normalized spacial score (nSPS) is 22.4. The second-order valence-corrected chi connectivity index (χ2v) is 6.25. The Bertz CT molecular complexity index is 626. The number of hydrogen-bond donors (Lipinski definition) is 2. The van der Waals surface area contributed by atoms with Gasteiger partial charge in [-0.1, -0.05) is 30.3 Å². The van der Waals surface area contributed by atoms with Crippen molar-refractivity contribution in [2.45, 2.75) is 38.0 Å². The summed E-state index contributed by atoms with van der Waals surface area (Å²) in [6.45, 7) is 3.37. The van der Waals surface area contributed by atoms with Crippen LogP contribution in [0.15, 0.2) is 36.5 Å². The number of benzene rings is 1. The smallest absolute Gasteiger partial charge is 0.101 e. The summed E-state index contributed by atoms with van der Waals surface area (Å²) in [7, 11) is 1.94. The van der Waals surface area contributed by atoms with Gasteiger partial charge in [-0.3, -0.25) is 4.68 Å². The number of ether oxygens (including phenoxy) is 1. The average molecular weight is 315 g/mol. The number of nitrogens with zero attached hydrogens (tertiary/aromatic N) is 2. The Labute approximate surface area is 137 Å². The Balaban J connectivity index is 1.56. The van der Waals surface area contributed by atoms with Crippen molar-refractivity contribution in [1.82, 2.24) is 15.1 Å². The minimum atomic E-state index is -0.395. The first-order valence-corrected chi connectivity index (χ1v) is 8.20. The molecule has 23 heavy (non-hydrogen) atoms. The predicted octanol–water partition coefficient (Wildman–Crippen LogP) is 1.75. The van der Waals surface area contributed by atoms with E-state index in [1.807, 2.05) is 48.3 Å². The van der Waals surface area contributed by atoms with E-state index in [1.165, 1.54) is 0 Å². The van der Waals surface area contributed by atoms with Crippen LogP contribution in [0, 0.1) is 6.92 Å². The number of rotatable bonds is 6. The fourth-order valence-electron chi connectivity index (χ4n) is 3.15. The van der Waals surface area contributed by atoms with E-state index in [9.17, 15) is 5.11 Å². The second kappa shape index (κ2) is 7.25. The van der Waals surface area contributed by atoms with Crippen LogP contribution in [-0.4, -0.2) is 40.2 Å². The van der Waals surface area contributed by atoms with Gasteiger partial charge in [-0.15, -0.1) is 0 Å². The molecule has 0 aliphatic carbocycles. The Morgan fingerprint density at radius 3 is 2.87 bits per heavy atom. The summed E-state index contributed by atoms with van der Waals surface area (Å²) in [6.07, 6.45) is 3.14. The van der Waals surface area contributed by atoms with Crippen LogP contribution in [0.25, 0.3) is 0 Å². The van der Waals surface area contributed by atoms with Crippen molar-refractivity contribution in [3.05, 3.63) is 53.3 Å². The molecule has 5 heteroatoms. The van der Waals surface area contributed by atoms with Crippen LogP contribution in [0.5, 0.6) is 0 Å². The first-order valence-electron chi connectivity index (χ1n) is 8.20. The first kappa shape index (κ1) is 16.2. The largest absolute Gasteiger partial charge is 0.391 e. The minimum Gasteiger partial charge on any atom is -0.391 e. The Kier molecular flexibility index (Phi) is 5.10. The third-order valence-corrected chi connectivity index (χ3v) is 4.60. The lowest BCUT2D eigenvalue weighted by Gasteiger charge is -2.21. The van der Waals surface area contributed by atoms with Crippen molar-refractivity contribution in [3.63, 3.8) is 0 Å². The molecule has 0 unspecified atom stereocenters. The highest BCUT2D eigenvalue weighted by Gasteiger charge is 2.31. The summed E-state index contributed by atoms with van der Waals surface area (Å²) in [5.41, 5.74) is 3.43. The molecular formula is C18H25N3O2. The van der Waals surface area contributed by atoms with Crippen molar-refractivity contribution in [2.75, 3.05) is 13.2 Å². The summed E-state index contributed by atoms with van der Waals surface area (Å²) >= 11 is 0. The molecule has 1 aromatic heterocycles. The summed E-state index contributed by atoms with van der Waals surface area (Å²) in [5, 5.41) is 18.0. The van der Waals surface area contributed by atoms with Gasteiger partial charge in [0, 0.05) is 37.5 Å². The highest BCUT2D eigenvalue weighted by Crippen LogP contribution is 2.30. The van der Waals surface area contributed by atoms with Crippen LogP contribution in [0.2, 0.25) is 0 Å². The van der Waals surface area contributed by atoms with Gasteiger partial charge < -0.3 is 15.2 Å². The minimum absolute atomic E-state index is 0.0209. The molecule has 0 spiro atoms. The third-order valence-electron chi connectivity index (χ3n) is 4.60. The molecule has 3 rings (SSSR count). The van der Waals surface area contributed by atoms with E-state index in [-0.39, 0.29) is 12.1 Å². The van der Waals surface area contributed by atoms with Crippen molar-refractivity contribution in [3.8, 4) is 0 Å². The monoisotopic (exact) mass is 315 g/mol. The van der Waals surface area contributed by atoms with Gasteiger partial charge in [-0.05, 0) is 25.3 Å². The number of hydrogen-bond acceptors (Lipinski definition) is 4. The van der Waals surface area contributed by atoms with Crippen LogP contribution in [-0.2, 0) is 18.2 Å². The van der Waals surface area contributed by atoms with Gasteiger partial charge >= 0.3 is 0 Å². The van der Waals surface area contributed by atoms with Gasteiger partial charge in [0.2, 0.25) is 0 Å². The highest BCUT2D eigenvalue weighted by atomic mass is 16.5. The van der Waals surface area contributed by atoms with Gasteiger partial charge in [0.1, 0.15) is 6.10 Å². The zero-order valence-corrected chi connectivity index (χ0v) is 13.8. The maximum absolute atomic E-state index is 10.3. The van der Waals surface area contributed by atoms with Gasteiger partial charge in [-0.25, -0.2) is 0 Å². The molecular weight excluding hydrogens is 290 g/mol. The Morgan fingerprint density at radius 1 is 1.39 bits per heavy atom. The Hall–Kier alpha value is -1.69. The number of aromatic nitrogens is 2. The van der Waals surface area contributed by atoms with E-state index in [2.05, 4.69) is 17.3 Å². The molecule has 3 atom stereocenters. The fourth-order valence-corrected chi connectivity index (χ4v) is 3.15. The van der Waals surface area contributed by atoms with Crippen LogP contribution in [0.3, 0.4) is 0 Å². The first-order chi connectivity index (χ1) is 11.1. The van der Waals surface area contributed by atoms with Gasteiger partial charge in [0.15, 0.2) is 0 Å². The topological polar surface area (TPSA) is 59.3 Å². The van der Waals surface area contributed by atoms with Crippen molar-refractivity contribution in [1.29, 1.82) is 0 Å². The van der Waals surface area contributed by atoms with E-state index >= 15 is 0 Å². The quantitative estimate of drug-likeness (QED) is 0.853. The molecule has 2 heterocycles. The van der Waals surface area contributed by atoms with E-state index in [1.54, 1.807) is 0 Å². The standard InChI is InChI=1S/C18H25N3O2/c1-13-16(12-20-21(13)2)18-17(8-9-23-18)19-11-15(22)10-14-6-4-3-5-7-14/h3-7,12,15,17-19,22H,8-11H2,1-2H3/t15-,17-,18+/m0/s1. The summed E-state index contributed by atoms with van der Waals surface area (Å²) in [4.78, 5) is 0. The second-order valence-electron chi connectivity index (χ2n) is 6.25. The van der Waals surface area contributed by atoms with E-state index < -0.39 is 6.10 Å². The van der Waals surface area contributed by atoms with E-state index in [0.29, 0.717) is 13.0 Å². The summed E-state index contributed by atoms with van der Waals surface area (Å²) < 4.78 is 7.77. The molecule has 2 N–H and O–H groups in total. The SMILES string of the molecule is Cc1c([C@H]2OCC[C@@H]2NC[C@@H](O)Cc2ccccc2)cnn1C. The van der Waals surface area contributed by atoms with Crippen molar-refractivity contribution in [2.24, 2.45) is 7.05 Å². The molecule has 1 saturated heterocycles. The van der Waals surface area contributed by atoms with Gasteiger partial charge in [0.05, 0.1) is 12.3 Å². The van der Waals surface area contributed by atoms with Crippen LogP contribution in [0.1, 0.15) is 29.3 Å². The molecule has 1 aliphatic heterocycles. The lowest BCUT2D eigenvalue weighted by atomic mass is 10.0. The molecule has 5 nitrogen and oxygen atoms in total. The Morgan fingerprint density at radius 2 is 2.17 bits per heavy atom. The van der Waals surface area contributed by atoms with Crippen LogP contribution >= 0.6 is 0 Å². The molecule has 124 valence electrons. The molecule has 0 bridgehead atoms. The number of aliphatic hydroxyl groups is 1. The van der Waals surface area contributed by atoms with Gasteiger partial charge in [-0.2, -0.15) is 5.10 Å². The van der Waals surface area contributed by atoms with E-state index in [0.717, 1.165) is 29.8 Å². The maximum Gasteiger partial charge on any atom is 0.101 e. The summed E-state index contributed by atoms with van der Waals surface area (Å²) in [5.74, 6) is 0. The third kappa shape index (κ3) is 3.80. The summed E-state index contributed by atoms with van der Waals surface area (Å²) in [6, 6.07) is 10.3. The lowest BCUT2D eigenvalue weighted by Crippen LogP contribution is -2.38. The van der Waals surface area contributed by atoms with Crippen LogP contribution in [0.4, 0.5) is 0 Å². The zero-order chi connectivity index (χ0) is 16.2. The van der Waals surface area contributed by atoms with Crippen LogP contribution < -0.4 is 5.32 Å². The number of nitrogens with one attached hydrogen (secondary N) is 1. The molecule has 0 radical (unpaired) electrons. The van der Waals surface area contributed by atoms with E-state index in [4.69, 9.17) is 4.74 Å². The molecule has 1 fully saturated rings.